The van der Waals surface area contributed by atoms with Gasteiger partial charge in [-0.3, -0.25) is 4.79 Å². The van der Waals surface area contributed by atoms with Crippen LogP contribution in [-0.2, 0) is 16.1 Å². The first-order valence-electron chi connectivity index (χ1n) is 8.04. The van der Waals surface area contributed by atoms with Gasteiger partial charge in [0.15, 0.2) is 0 Å². The SMILES string of the molecule is CCN(C(=O)OCc1ccccc1)C1CCN(C(=O)[C@H](C)N)C1. The van der Waals surface area contributed by atoms with Gasteiger partial charge in [0.1, 0.15) is 6.61 Å². The lowest BCUT2D eigenvalue weighted by Crippen LogP contribution is -2.45. The van der Waals surface area contributed by atoms with Gasteiger partial charge >= 0.3 is 6.09 Å². The highest BCUT2D eigenvalue weighted by Gasteiger charge is 2.33. The fourth-order valence-electron chi connectivity index (χ4n) is 2.82. The summed E-state index contributed by atoms with van der Waals surface area (Å²) in [6.07, 6.45) is 0.420. The summed E-state index contributed by atoms with van der Waals surface area (Å²) in [4.78, 5) is 27.7. The summed E-state index contributed by atoms with van der Waals surface area (Å²) >= 11 is 0. The first kappa shape index (κ1) is 17.3. The largest absolute Gasteiger partial charge is 0.445 e. The Labute approximate surface area is 137 Å². The van der Waals surface area contributed by atoms with Crippen LogP contribution in [0, 0.1) is 0 Å². The highest BCUT2D eigenvalue weighted by atomic mass is 16.6. The molecule has 126 valence electrons. The summed E-state index contributed by atoms with van der Waals surface area (Å²) < 4.78 is 5.40. The zero-order valence-electron chi connectivity index (χ0n) is 13.8. The average Bonchev–Trinajstić information content (AvgIpc) is 3.03. The molecule has 6 heteroatoms. The molecule has 6 nitrogen and oxygen atoms in total. The van der Waals surface area contributed by atoms with E-state index in [4.69, 9.17) is 10.5 Å². The number of likely N-dealkylation sites (N-methyl/N-ethyl adjacent to an activating group) is 1. The van der Waals surface area contributed by atoms with E-state index in [1.54, 1.807) is 16.7 Å². The number of amides is 2. The number of carbonyl (C=O) groups excluding carboxylic acids is 2. The molecule has 1 aromatic rings. The van der Waals surface area contributed by atoms with E-state index < -0.39 is 6.04 Å². The van der Waals surface area contributed by atoms with Crippen LogP contribution >= 0.6 is 0 Å². The number of rotatable bonds is 5. The van der Waals surface area contributed by atoms with E-state index in [1.807, 2.05) is 37.3 Å². The van der Waals surface area contributed by atoms with Crippen LogP contribution in [0.25, 0.3) is 0 Å². The number of nitrogens with two attached hydrogens (primary N) is 1. The molecule has 0 spiro atoms. The van der Waals surface area contributed by atoms with Gasteiger partial charge in [-0.25, -0.2) is 4.79 Å². The predicted octanol–water partition coefficient (Wildman–Crippen LogP) is 1.59. The molecule has 2 atom stereocenters. The van der Waals surface area contributed by atoms with Gasteiger partial charge in [-0.2, -0.15) is 0 Å². The van der Waals surface area contributed by atoms with Crippen LogP contribution in [0.2, 0.25) is 0 Å². The molecular weight excluding hydrogens is 294 g/mol. The Hall–Kier alpha value is -2.08. The number of hydrogen-bond donors (Lipinski definition) is 1. The van der Waals surface area contributed by atoms with Crippen LogP contribution in [0.5, 0.6) is 0 Å². The highest BCUT2D eigenvalue weighted by Crippen LogP contribution is 2.17. The molecule has 1 aliphatic rings. The van der Waals surface area contributed by atoms with Gasteiger partial charge in [0.25, 0.3) is 0 Å². The second-order valence-electron chi connectivity index (χ2n) is 5.84. The minimum Gasteiger partial charge on any atom is -0.445 e. The topological polar surface area (TPSA) is 75.9 Å². The normalized spacial score (nSPS) is 18.6. The Kier molecular flexibility index (Phi) is 5.98. The molecular formula is C17H25N3O3. The maximum Gasteiger partial charge on any atom is 0.410 e. The second-order valence-corrected chi connectivity index (χ2v) is 5.84. The third-order valence-electron chi connectivity index (χ3n) is 4.09. The maximum atomic E-state index is 12.3. The van der Waals surface area contributed by atoms with Crippen molar-refractivity contribution in [1.29, 1.82) is 0 Å². The molecule has 0 radical (unpaired) electrons. The van der Waals surface area contributed by atoms with Gasteiger partial charge in [0.05, 0.1) is 12.1 Å². The number of nitrogens with zero attached hydrogens (tertiary/aromatic N) is 2. The van der Waals surface area contributed by atoms with E-state index in [1.165, 1.54) is 0 Å². The Balaban J connectivity index is 1.89. The summed E-state index contributed by atoms with van der Waals surface area (Å²) in [5, 5.41) is 0. The van der Waals surface area contributed by atoms with Crippen LogP contribution in [0.3, 0.4) is 0 Å². The van der Waals surface area contributed by atoms with Crippen LogP contribution in [0.1, 0.15) is 25.8 Å². The molecule has 1 unspecified atom stereocenters. The molecule has 0 saturated carbocycles. The van der Waals surface area contributed by atoms with Gasteiger partial charge in [-0.15, -0.1) is 0 Å². The Bertz CT molecular complexity index is 533. The van der Waals surface area contributed by atoms with Crippen molar-refractivity contribution in [1.82, 2.24) is 9.80 Å². The smallest absolute Gasteiger partial charge is 0.410 e. The lowest BCUT2D eigenvalue weighted by atomic mass is 10.2. The van der Waals surface area contributed by atoms with Crippen molar-refractivity contribution in [2.75, 3.05) is 19.6 Å². The van der Waals surface area contributed by atoms with Gasteiger partial charge in [-0.1, -0.05) is 30.3 Å². The van der Waals surface area contributed by atoms with Crippen molar-refractivity contribution in [2.24, 2.45) is 5.73 Å². The van der Waals surface area contributed by atoms with Crippen LogP contribution in [0.15, 0.2) is 30.3 Å². The minimum absolute atomic E-state index is 0.00836. The number of benzene rings is 1. The quantitative estimate of drug-likeness (QED) is 0.894. The summed E-state index contributed by atoms with van der Waals surface area (Å²) in [5.41, 5.74) is 6.60. The van der Waals surface area contributed by atoms with Crippen molar-refractivity contribution in [3.8, 4) is 0 Å². The molecule has 1 aliphatic heterocycles. The number of likely N-dealkylation sites (tertiary alicyclic amines) is 1. The fourth-order valence-corrected chi connectivity index (χ4v) is 2.82. The molecule has 23 heavy (non-hydrogen) atoms. The van der Waals surface area contributed by atoms with E-state index in [-0.39, 0.29) is 24.6 Å². The summed E-state index contributed by atoms with van der Waals surface area (Å²) in [6.45, 7) is 5.56. The number of carbonyl (C=O) groups is 2. The van der Waals surface area contributed by atoms with E-state index in [2.05, 4.69) is 0 Å². The molecule has 0 aromatic heterocycles. The number of hydrogen-bond acceptors (Lipinski definition) is 4. The maximum absolute atomic E-state index is 12.3. The first-order valence-corrected chi connectivity index (χ1v) is 8.04. The molecule has 0 aliphatic carbocycles. The van der Waals surface area contributed by atoms with Gasteiger partial charge in [0, 0.05) is 19.6 Å². The van der Waals surface area contributed by atoms with Crippen molar-refractivity contribution in [3.63, 3.8) is 0 Å². The molecule has 1 saturated heterocycles. The van der Waals surface area contributed by atoms with Crippen molar-refractivity contribution in [3.05, 3.63) is 35.9 Å². The van der Waals surface area contributed by atoms with Crippen LogP contribution < -0.4 is 5.73 Å². The molecule has 1 fully saturated rings. The monoisotopic (exact) mass is 319 g/mol. The van der Waals surface area contributed by atoms with Gasteiger partial charge in [-0.05, 0) is 25.8 Å². The first-order chi connectivity index (χ1) is 11.0. The molecule has 2 rings (SSSR count). The van der Waals surface area contributed by atoms with E-state index in [0.717, 1.165) is 12.0 Å². The van der Waals surface area contributed by atoms with Crippen molar-refractivity contribution < 1.29 is 14.3 Å². The Morgan fingerprint density at radius 3 is 2.70 bits per heavy atom. The molecule has 1 heterocycles. The van der Waals surface area contributed by atoms with Crippen molar-refractivity contribution in [2.45, 2.75) is 39.0 Å². The standard InChI is InChI=1S/C17H25N3O3/c1-3-20(15-9-10-19(11-15)16(21)13(2)18)17(22)23-12-14-7-5-4-6-8-14/h4-8,13,15H,3,9-12,18H2,1-2H3/t13-,15?/m0/s1. The summed E-state index contributed by atoms with van der Waals surface area (Å²) in [7, 11) is 0. The van der Waals surface area contributed by atoms with Crippen molar-refractivity contribution >= 4 is 12.0 Å². The lowest BCUT2D eigenvalue weighted by Gasteiger charge is -2.27. The molecule has 2 N–H and O–H groups in total. The molecule has 2 amide bonds. The number of ether oxygens (including phenoxy) is 1. The molecule has 1 aromatic carbocycles. The third-order valence-corrected chi connectivity index (χ3v) is 4.09. The third kappa shape index (κ3) is 4.45. The molecule has 0 bridgehead atoms. The lowest BCUT2D eigenvalue weighted by molar-refractivity contribution is -0.131. The highest BCUT2D eigenvalue weighted by molar-refractivity contribution is 5.81. The average molecular weight is 319 g/mol. The summed E-state index contributed by atoms with van der Waals surface area (Å²) in [5.74, 6) is -0.0683. The van der Waals surface area contributed by atoms with Gasteiger partial charge in [0.2, 0.25) is 5.91 Å². The Morgan fingerprint density at radius 1 is 1.39 bits per heavy atom. The van der Waals surface area contributed by atoms with E-state index in [9.17, 15) is 9.59 Å². The Morgan fingerprint density at radius 2 is 2.09 bits per heavy atom. The van der Waals surface area contributed by atoms with E-state index >= 15 is 0 Å². The zero-order chi connectivity index (χ0) is 16.8. The zero-order valence-corrected chi connectivity index (χ0v) is 13.8. The van der Waals surface area contributed by atoms with E-state index in [0.29, 0.717) is 19.6 Å². The van der Waals surface area contributed by atoms with Crippen LogP contribution in [0.4, 0.5) is 4.79 Å². The fraction of sp³-hybridized carbons (Fsp3) is 0.529. The summed E-state index contributed by atoms with van der Waals surface area (Å²) in [6, 6.07) is 9.07. The van der Waals surface area contributed by atoms with Gasteiger partial charge < -0.3 is 20.3 Å². The van der Waals surface area contributed by atoms with Crippen LogP contribution in [-0.4, -0.2) is 53.5 Å². The predicted molar refractivity (Wildman–Crippen MR) is 87.6 cm³/mol. The minimum atomic E-state index is -0.506. The second kappa shape index (κ2) is 7.97.